The molecule has 0 saturated carbocycles. The molecule has 1 aliphatic rings. The van der Waals surface area contributed by atoms with E-state index in [9.17, 15) is 0 Å². The van der Waals surface area contributed by atoms with Gasteiger partial charge in [0, 0.05) is 36.8 Å². The average Bonchev–Trinajstić information content (AvgIpc) is 2.97. The fourth-order valence-corrected chi connectivity index (χ4v) is 4.95. The van der Waals surface area contributed by atoms with E-state index < -0.39 is 0 Å². The van der Waals surface area contributed by atoms with Crippen LogP contribution in [0.5, 0.6) is 5.75 Å². The van der Waals surface area contributed by atoms with Crippen molar-refractivity contribution < 1.29 is 9.47 Å². The summed E-state index contributed by atoms with van der Waals surface area (Å²) >= 11 is 0. The van der Waals surface area contributed by atoms with Gasteiger partial charge in [0.15, 0.2) is 0 Å². The summed E-state index contributed by atoms with van der Waals surface area (Å²) in [5, 5.41) is 9.01. The van der Waals surface area contributed by atoms with E-state index in [1.54, 1.807) is 6.20 Å². The molecular weight excluding hydrogens is 472 g/mol. The summed E-state index contributed by atoms with van der Waals surface area (Å²) in [6, 6.07) is 27.3. The number of morpholine rings is 1. The Morgan fingerprint density at radius 3 is 2.16 bits per heavy atom. The Kier molecular flexibility index (Phi) is 8.11. The van der Waals surface area contributed by atoms with Crippen LogP contribution in [0.2, 0.25) is 0 Å². The smallest absolute Gasteiger partial charge is 0.130 e. The molecular formula is C32H36N4O2. The Bertz CT molecular complexity index is 1290. The molecule has 2 aromatic heterocycles. The largest absolute Gasteiger partial charge is 0.487 e. The highest BCUT2D eigenvalue weighted by Crippen LogP contribution is 2.40. The van der Waals surface area contributed by atoms with Crippen molar-refractivity contribution in [3.63, 3.8) is 0 Å². The molecule has 1 aliphatic heterocycles. The molecule has 0 bridgehead atoms. The van der Waals surface area contributed by atoms with Crippen molar-refractivity contribution in [1.29, 1.82) is 0 Å². The standard InChI is InChI=1S/C32H36N4O2/c1-24(2)32(3,27-11-14-30(15-12-27)38-23-29-6-4-5-17-33-29)26-9-7-25(8-10-26)31-16-13-28(34-35-31)22-36-18-20-37-21-19-36/h4-17,24H,18-23H2,1-3H3. The van der Waals surface area contributed by atoms with Gasteiger partial charge in [-0.1, -0.05) is 63.2 Å². The van der Waals surface area contributed by atoms with Crippen LogP contribution in [0.1, 0.15) is 43.3 Å². The molecule has 5 rings (SSSR count). The Hall–Kier alpha value is -3.61. The molecule has 2 aromatic carbocycles. The lowest BCUT2D eigenvalue weighted by Crippen LogP contribution is -2.35. The minimum Gasteiger partial charge on any atom is -0.487 e. The van der Waals surface area contributed by atoms with Crippen LogP contribution in [0.25, 0.3) is 11.3 Å². The third kappa shape index (κ3) is 5.93. The highest BCUT2D eigenvalue weighted by Gasteiger charge is 2.32. The fraction of sp³-hybridized carbons (Fsp3) is 0.344. The van der Waals surface area contributed by atoms with Gasteiger partial charge in [-0.15, -0.1) is 0 Å². The molecule has 1 unspecified atom stereocenters. The van der Waals surface area contributed by atoms with Gasteiger partial charge in [0.05, 0.1) is 30.3 Å². The maximum atomic E-state index is 5.96. The summed E-state index contributed by atoms with van der Waals surface area (Å²) in [5.41, 5.74) is 6.26. The number of nitrogens with zero attached hydrogens (tertiary/aromatic N) is 4. The maximum absolute atomic E-state index is 5.96. The number of ether oxygens (including phenoxy) is 2. The first-order chi connectivity index (χ1) is 18.5. The molecule has 1 fully saturated rings. The van der Waals surface area contributed by atoms with Crippen molar-refractivity contribution in [3.05, 3.63) is 108 Å². The van der Waals surface area contributed by atoms with Crippen molar-refractivity contribution in [3.8, 4) is 17.0 Å². The average molecular weight is 509 g/mol. The first-order valence-electron chi connectivity index (χ1n) is 13.4. The van der Waals surface area contributed by atoms with E-state index >= 15 is 0 Å². The van der Waals surface area contributed by atoms with Crippen LogP contribution in [0.3, 0.4) is 0 Å². The Morgan fingerprint density at radius 1 is 0.842 bits per heavy atom. The molecule has 0 radical (unpaired) electrons. The molecule has 0 spiro atoms. The predicted octanol–water partition coefficient (Wildman–Crippen LogP) is 5.91. The van der Waals surface area contributed by atoms with Crippen LogP contribution < -0.4 is 4.74 Å². The normalized spacial score (nSPS) is 15.8. The van der Waals surface area contributed by atoms with Crippen molar-refractivity contribution >= 4 is 0 Å². The van der Waals surface area contributed by atoms with Gasteiger partial charge in [-0.2, -0.15) is 10.2 Å². The molecule has 6 heteroatoms. The van der Waals surface area contributed by atoms with Gasteiger partial charge in [0.1, 0.15) is 12.4 Å². The maximum Gasteiger partial charge on any atom is 0.130 e. The lowest BCUT2D eigenvalue weighted by molar-refractivity contribution is 0.0335. The predicted molar refractivity (Wildman–Crippen MR) is 150 cm³/mol. The molecule has 3 heterocycles. The van der Waals surface area contributed by atoms with Crippen LogP contribution in [-0.4, -0.2) is 46.4 Å². The number of aromatic nitrogens is 3. The minimum atomic E-state index is -0.147. The lowest BCUT2D eigenvalue weighted by atomic mass is 9.68. The number of rotatable bonds is 9. The highest BCUT2D eigenvalue weighted by molar-refractivity contribution is 5.60. The second-order valence-corrected chi connectivity index (χ2v) is 10.4. The zero-order valence-electron chi connectivity index (χ0n) is 22.5. The van der Waals surface area contributed by atoms with Crippen LogP contribution in [0.4, 0.5) is 0 Å². The monoisotopic (exact) mass is 508 g/mol. The molecule has 196 valence electrons. The van der Waals surface area contributed by atoms with Gasteiger partial charge in [0.25, 0.3) is 0 Å². The quantitative estimate of drug-likeness (QED) is 0.280. The first kappa shape index (κ1) is 26.0. The molecule has 0 aliphatic carbocycles. The zero-order valence-corrected chi connectivity index (χ0v) is 22.5. The van der Waals surface area contributed by atoms with E-state index in [0.717, 1.165) is 61.2 Å². The van der Waals surface area contributed by atoms with E-state index in [4.69, 9.17) is 9.47 Å². The topological polar surface area (TPSA) is 60.4 Å². The van der Waals surface area contributed by atoms with Crippen molar-refractivity contribution in [1.82, 2.24) is 20.1 Å². The van der Waals surface area contributed by atoms with Crippen LogP contribution in [-0.2, 0) is 23.3 Å². The van der Waals surface area contributed by atoms with E-state index in [-0.39, 0.29) is 5.41 Å². The molecule has 0 amide bonds. The summed E-state index contributed by atoms with van der Waals surface area (Å²) in [7, 11) is 0. The molecule has 1 saturated heterocycles. The van der Waals surface area contributed by atoms with Gasteiger partial charge in [-0.05, 0) is 53.4 Å². The van der Waals surface area contributed by atoms with Crippen LogP contribution in [0, 0.1) is 5.92 Å². The summed E-state index contributed by atoms with van der Waals surface area (Å²) in [6.07, 6.45) is 1.79. The summed E-state index contributed by atoms with van der Waals surface area (Å²) in [6.45, 7) is 11.6. The van der Waals surface area contributed by atoms with Crippen LogP contribution in [0.15, 0.2) is 85.1 Å². The fourth-order valence-electron chi connectivity index (χ4n) is 4.95. The van der Waals surface area contributed by atoms with Gasteiger partial charge < -0.3 is 9.47 Å². The first-order valence-corrected chi connectivity index (χ1v) is 13.4. The van der Waals surface area contributed by atoms with Crippen molar-refractivity contribution in [2.24, 2.45) is 5.92 Å². The third-order valence-corrected chi connectivity index (χ3v) is 7.71. The second-order valence-electron chi connectivity index (χ2n) is 10.4. The lowest BCUT2D eigenvalue weighted by Gasteiger charge is -2.35. The number of benzene rings is 2. The van der Waals surface area contributed by atoms with Gasteiger partial charge in [-0.3, -0.25) is 9.88 Å². The van der Waals surface area contributed by atoms with Gasteiger partial charge in [-0.25, -0.2) is 0 Å². The van der Waals surface area contributed by atoms with Crippen molar-refractivity contribution in [2.45, 2.75) is 39.3 Å². The van der Waals surface area contributed by atoms with E-state index in [1.807, 2.05) is 18.2 Å². The van der Waals surface area contributed by atoms with E-state index in [0.29, 0.717) is 12.5 Å². The SMILES string of the molecule is CC(C)C(C)(c1ccc(OCc2ccccn2)cc1)c1ccc(-c2ccc(CN3CCOCC3)nn2)cc1. The number of hydrogen-bond donors (Lipinski definition) is 0. The molecule has 38 heavy (non-hydrogen) atoms. The van der Waals surface area contributed by atoms with Gasteiger partial charge >= 0.3 is 0 Å². The van der Waals surface area contributed by atoms with E-state index in [2.05, 4.69) is 102 Å². The second kappa shape index (κ2) is 11.8. The molecule has 0 N–H and O–H groups in total. The third-order valence-electron chi connectivity index (χ3n) is 7.71. The Morgan fingerprint density at radius 2 is 1.55 bits per heavy atom. The molecule has 1 atom stereocenters. The number of hydrogen-bond acceptors (Lipinski definition) is 6. The zero-order chi connectivity index (χ0) is 26.4. The minimum absolute atomic E-state index is 0.147. The summed E-state index contributed by atoms with van der Waals surface area (Å²) < 4.78 is 11.4. The Labute approximate surface area is 225 Å². The Balaban J connectivity index is 1.28. The van der Waals surface area contributed by atoms with Gasteiger partial charge in [0.2, 0.25) is 0 Å². The van der Waals surface area contributed by atoms with Crippen molar-refractivity contribution in [2.75, 3.05) is 26.3 Å². The number of pyridine rings is 1. The summed E-state index contributed by atoms with van der Waals surface area (Å²) in [4.78, 5) is 6.69. The van der Waals surface area contributed by atoms with Crippen LogP contribution >= 0.6 is 0 Å². The summed E-state index contributed by atoms with van der Waals surface area (Å²) in [5.74, 6) is 1.24. The molecule has 6 nitrogen and oxygen atoms in total. The highest BCUT2D eigenvalue weighted by atomic mass is 16.5. The molecule has 4 aromatic rings. The van der Waals surface area contributed by atoms with E-state index in [1.165, 1.54) is 11.1 Å².